The molecule has 3 rings (SSSR count). The van der Waals surface area contributed by atoms with Gasteiger partial charge in [-0.3, -0.25) is 9.59 Å². The van der Waals surface area contributed by atoms with Gasteiger partial charge in [-0.2, -0.15) is 0 Å². The van der Waals surface area contributed by atoms with Gasteiger partial charge in [-0.05, 0) is 49.2 Å². The summed E-state index contributed by atoms with van der Waals surface area (Å²) in [5.41, 5.74) is 1.67. The first-order valence-electron chi connectivity index (χ1n) is 8.84. The van der Waals surface area contributed by atoms with Gasteiger partial charge in [0, 0.05) is 24.8 Å². The summed E-state index contributed by atoms with van der Waals surface area (Å²) in [5.74, 6) is 0.707. The monoisotopic (exact) mass is 353 g/mol. The quantitative estimate of drug-likeness (QED) is 0.866. The van der Waals surface area contributed by atoms with Crippen molar-refractivity contribution in [2.45, 2.75) is 26.7 Å². The molecule has 2 amide bonds. The second-order valence-electron chi connectivity index (χ2n) is 6.41. The van der Waals surface area contributed by atoms with E-state index in [-0.39, 0.29) is 24.2 Å². The Balaban J connectivity index is 1.64. The van der Waals surface area contributed by atoms with Crippen LogP contribution < -0.4 is 15.0 Å². The van der Waals surface area contributed by atoms with Gasteiger partial charge >= 0.3 is 0 Å². The molecule has 6 nitrogen and oxygen atoms in total. The van der Waals surface area contributed by atoms with Crippen molar-refractivity contribution in [2.75, 3.05) is 23.4 Å². The maximum Gasteiger partial charge on any atom is 0.230 e. The Morgan fingerprint density at radius 3 is 2.77 bits per heavy atom. The molecular formula is C20H23N3O3. The topological polar surface area (TPSA) is 71.5 Å². The molecule has 0 unspecified atom stereocenters. The maximum absolute atomic E-state index is 12.5. The fourth-order valence-corrected chi connectivity index (χ4v) is 2.91. The van der Waals surface area contributed by atoms with Crippen LogP contribution in [0.5, 0.6) is 5.75 Å². The number of amides is 2. The van der Waals surface area contributed by atoms with Gasteiger partial charge in [-0.15, -0.1) is 0 Å². The molecule has 26 heavy (non-hydrogen) atoms. The fourth-order valence-electron chi connectivity index (χ4n) is 2.91. The summed E-state index contributed by atoms with van der Waals surface area (Å²) in [4.78, 5) is 30.7. The highest BCUT2D eigenvalue weighted by molar-refractivity contribution is 6.03. The molecule has 1 aromatic carbocycles. The normalized spacial score (nSPS) is 16.6. The Morgan fingerprint density at radius 1 is 1.31 bits per heavy atom. The highest BCUT2D eigenvalue weighted by atomic mass is 16.5. The number of hydrogen-bond donors (Lipinski definition) is 1. The molecule has 2 aromatic rings. The molecule has 136 valence electrons. The van der Waals surface area contributed by atoms with Gasteiger partial charge in [0.25, 0.3) is 0 Å². The lowest BCUT2D eigenvalue weighted by molar-refractivity contribution is -0.122. The first-order chi connectivity index (χ1) is 12.6. The molecular weight excluding hydrogens is 330 g/mol. The molecule has 0 aliphatic carbocycles. The van der Waals surface area contributed by atoms with E-state index in [0.29, 0.717) is 19.0 Å². The van der Waals surface area contributed by atoms with Gasteiger partial charge < -0.3 is 15.0 Å². The van der Waals surface area contributed by atoms with Crippen molar-refractivity contribution in [3.8, 4) is 5.75 Å². The number of carbonyl (C=O) groups is 2. The third-order valence-corrected chi connectivity index (χ3v) is 4.37. The molecule has 0 bridgehead atoms. The number of anilines is 2. The van der Waals surface area contributed by atoms with Crippen LogP contribution in [-0.4, -0.2) is 29.9 Å². The number of hydrogen-bond acceptors (Lipinski definition) is 4. The largest absolute Gasteiger partial charge is 0.494 e. The van der Waals surface area contributed by atoms with E-state index in [0.717, 1.165) is 23.4 Å². The number of benzene rings is 1. The van der Waals surface area contributed by atoms with Gasteiger partial charge in [-0.25, -0.2) is 4.98 Å². The average molecular weight is 353 g/mol. The third kappa shape index (κ3) is 4.02. The Labute approximate surface area is 153 Å². The molecule has 0 radical (unpaired) electrons. The molecule has 1 aromatic heterocycles. The van der Waals surface area contributed by atoms with Gasteiger partial charge in [0.15, 0.2) is 0 Å². The lowest BCUT2D eigenvalue weighted by atomic mass is 10.1. The van der Waals surface area contributed by atoms with E-state index >= 15 is 0 Å². The van der Waals surface area contributed by atoms with Gasteiger partial charge in [-0.1, -0.05) is 13.0 Å². The van der Waals surface area contributed by atoms with Crippen LogP contribution in [0.25, 0.3) is 0 Å². The van der Waals surface area contributed by atoms with E-state index in [1.807, 2.05) is 43.3 Å². The predicted molar refractivity (Wildman–Crippen MR) is 100 cm³/mol. The predicted octanol–water partition coefficient (Wildman–Crippen LogP) is 3.17. The van der Waals surface area contributed by atoms with E-state index in [4.69, 9.17) is 4.74 Å². The van der Waals surface area contributed by atoms with Gasteiger partial charge in [0.1, 0.15) is 11.6 Å². The Kier molecular flexibility index (Phi) is 5.51. The molecule has 0 saturated carbocycles. The number of ether oxygens (including phenoxy) is 1. The summed E-state index contributed by atoms with van der Waals surface area (Å²) >= 11 is 0. The zero-order valence-corrected chi connectivity index (χ0v) is 15.1. The van der Waals surface area contributed by atoms with Crippen LogP contribution in [0.1, 0.15) is 25.3 Å². The second-order valence-corrected chi connectivity index (χ2v) is 6.41. The minimum Gasteiger partial charge on any atom is -0.494 e. The third-order valence-electron chi connectivity index (χ3n) is 4.37. The summed E-state index contributed by atoms with van der Waals surface area (Å²) in [6.07, 6.45) is 2.78. The summed E-state index contributed by atoms with van der Waals surface area (Å²) < 4.78 is 5.56. The summed E-state index contributed by atoms with van der Waals surface area (Å²) in [7, 11) is 0. The Bertz CT molecular complexity index is 789. The maximum atomic E-state index is 12.5. The van der Waals surface area contributed by atoms with Crippen LogP contribution in [0.2, 0.25) is 0 Å². The molecule has 1 N–H and O–H groups in total. The van der Waals surface area contributed by atoms with Crippen molar-refractivity contribution in [1.82, 2.24) is 4.98 Å². The van der Waals surface area contributed by atoms with Crippen LogP contribution >= 0.6 is 0 Å². The smallest absolute Gasteiger partial charge is 0.230 e. The zero-order valence-electron chi connectivity index (χ0n) is 15.1. The molecule has 1 fully saturated rings. The van der Waals surface area contributed by atoms with E-state index in [2.05, 4.69) is 17.2 Å². The highest BCUT2D eigenvalue weighted by Gasteiger charge is 2.35. The van der Waals surface area contributed by atoms with Crippen molar-refractivity contribution < 1.29 is 14.3 Å². The van der Waals surface area contributed by atoms with Crippen LogP contribution in [0.4, 0.5) is 11.5 Å². The SMILES string of the molecule is CCCOc1ccc(N2C[C@@H](C(=O)Nc3ncccc3C)CC2=O)cc1. The molecule has 6 heteroatoms. The van der Waals surface area contributed by atoms with E-state index < -0.39 is 0 Å². The number of rotatable bonds is 6. The van der Waals surface area contributed by atoms with Crippen LogP contribution in [0, 0.1) is 12.8 Å². The fraction of sp³-hybridized carbons (Fsp3) is 0.350. The number of nitrogens with one attached hydrogen (secondary N) is 1. The summed E-state index contributed by atoms with van der Waals surface area (Å²) in [6, 6.07) is 11.1. The first-order valence-corrected chi connectivity index (χ1v) is 8.84. The summed E-state index contributed by atoms with van der Waals surface area (Å²) in [5, 5.41) is 2.83. The van der Waals surface area contributed by atoms with Crippen LogP contribution in [0.3, 0.4) is 0 Å². The Morgan fingerprint density at radius 2 is 2.08 bits per heavy atom. The highest BCUT2D eigenvalue weighted by Crippen LogP contribution is 2.27. The zero-order chi connectivity index (χ0) is 18.5. The lowest BCUT2D eigenvalue weighted by Crippen LogP contribution is -2.28. The molecule has 1 aliphatic rings. The van der Waals surface area contributed by atoms with Crippen molar-refractivity contribution in [3.63, 3.8) is 0 Å². The minimum absolute atomic E-state index is 0.0508. The minimum atomic E-state index is -0.389. The molecule has 1 aliphatic heterocycles. The summed E-state index contributed by atoms with van der Waals surface area (Å²) in [6.45, 7) is 4.97. The van der Waals surface area contributed by atoms with Crippen molar-refractivity contribution in [3.05, 3.63) is 48.2 Å². The number of carbonyl (C=O) groups excluding carboxylic acids is 2. The standard InChI is InChI=1S/C20H23N3O3/c1-3-11-26-17-8-6-16(7-9-17)23-13-15(12-18(23)24)20(25)22-19-14(2)5-4-10-21-19/h4-10,15H,3,11-13H2,1-2H3,(H,21,22,25)/t15-/m0/s1. The first kappa shape index (κ1) is 17.9. The van der Waals surface area contributed by atoms with E-state index in [1.54, 1.807) is 11.1 Å². The van der Waals surface area contributed by atoms with Crippen LogP contribution in [0.15, 0.2) is 42.6 Å². The molecule has 0 spiro atoms. The van der Waals surface area contributed by atoms with Gasteiger partial charge in [0.2, 0.25) is 11.8 Å². The van der Waals surface area contributed by atoms with Crippen molar-refractivity contribution in [2.24, 2.45) is 5.92 Å². The van der Waals surface area contributed by atoms with E-state index in [1.165, 1.54) is 0 Å². The second kappa shape index (κ2) is 7.99. The molecule has 1 saturated heterocycles. The number of aryl methyl sites for hydroxylation is 1. The number of nitrogens with zero attached hydrogens (tertiary/aromatic N) is 2. The lowest BCUT2D eigenvalue weighted by Gasteiger charge is -2.17. The van der Waals surface area contributed by atoms with E-state index in [9.17, 15) is 9.59 Å². The average Bonchev–Trinajstić information content (AvgIpc) is 3.04. The Hall–Kier alpha value is -2.89. The van der Waals surface area contributed by atoms with Crippen molar-refractivity contribution >= 4 is 23.3 Å². The van der Waals surface area contributed by atoms with Gasteiger partial charge in [0.05, 0.1) is 12.5 Å². The number of pyridine rings is 1. The molecule has 2 heterocycles. The molecule has 1 atom stereocenters. The van der Waals surface area contributed by atoms with Crippen molar-refractivity contribution in [1.29, 1.82) is 0 Å². The van der Waals surface area contributed by atoms with Crippen LogP contribution in [-0.2, 0) is 9.59 Å². The number of aromatic nitrogens is 1.